The molecule has 0 atom stereocenters. The number of hydrogen-bond acceptors (Lipinski definition) is 2. The summed E-state index contributed by atoms with van der Waals surface area (Å²) in [5.41, 5.74) is 0.400. The lowest BCUT2D eigenvalue weighted by Crippen LogP contribution is -1.87. The van der Waals surface area contributed by atoms with Crippen LogP contribution < -0.4 is 0 Å². The van der Waals surface area contributed by atoms with Gasteiger partial charge in [-0.2, -0.15) is 0 Å². The number of nitrogens with zero attached hydrogens (tertiary/aromatic N) is 1. The first-order valence-corrected chi connectivity index (χ1v) is 3.51. The number of alkyl halides is 1. The summed E-state index contributed by atoms with van der Waals surface area (Å²) in [6, 6.07) is 2.85. The maximum Gasteiger partial charge on any atom is 0.194 e. The Morgan fingerprint density at radius 2 is 1.78 bits per heavy atom. The summed E-state index contributed by atoms with van der Waals surface area (Å²) in [5, 5.41) is 17.8. The lowest BCUT2D eigenvalue weighted by Gasteiger charge is -1.98. The van der Waals surface area contributed by atoms with Crippen LogP contribution in [-0.4, -0.2) is 14.8 Å². The van der Waals surface area contributed by atoms with E-state index in [4.69, 9.17) is 10.2 Å². The molecule has 0 saturated heterocycles. The van der Waals surface area contributed by atoms with Crippen LogP contribution in [-0.2, 0) is 5.45 Å². The van der Waals surface area contributed by atoms with Crippen LogP contribution in [0.5, 0.6) is 11.8 Å². The van der Waals surface area contributed by atoms with Gasteiger partial charge >= 0.3 is 0 Å². The molecule has 0 bridgehead atoms. The van der Waals surface area contributed by atoms with E-state index >= 15 is 0 Å². The van der Waals surface area contributed by atoms with Crippen molar-refractivity contribution in [2.24, 2.45) is 0 Å². The minimum absolute atomic E-state index is 0.0596. The highest BCUT2D eigenvalue weighted by Gasteiger charge is 2.01. The average Bonchev–Trinajstić information content (AvgIpc) is 2.12. The molecule has 3 nitrogen and oxygen atoms in total. The third kappa shape index (κ3) is 1.03. The Morgan fingerprint density at radius 3 is 2.00 bits per heavy atom. The first-order chi connectivity index (χ1) is 4.25. The third-order valence-corrected chi connectivity index (χ3v) is 1.56. The molecule has 0 radical (unpaired) electrons. The van der Waals surface area contributed by atoms with Crippen LogP contribution in [0.1, 0.15) is 0 Å². The van der Waals surface area contributed by atoms with E-state index in [9.17, 15) is 0 Å². The minimum Gasteiger partial charge on any atom is -0.494 e. The van der Waals surface area contributed by atoms with Crippen LogP contribution in [0.4, 0.5) is 0 Å². The van der Waals surface area contributed by atoms with Crippen molar-refractivity contribution in [1.82, 2.24) is 4.57 Å². The highest BCUT2D eigenvalue weighted by Crippen LogP contribution is 2.21. The lowest BCUT2D eigenvalue weighted by atomic mass is 10.6. The van der Waals surface area contributed by atoms with Gasteiger partial charge in [-0.1, -0.05) is 15.9 Å². The number of aromatic nitrogens is 1. The monoisotopic (exact) mass is 191 g/mol. The fourth-order valence-corrected chi connectivity index (χ4v) is 1.08. The zero-order valence-electron chi connectivity index (χ0n) is 4.58. The molecule has 1 heterocycles. The van der Waals surface area contributed by atoms with E-state index in [-0.39, 0.29) is 11.8 Å². The average molecular weight is 192 g/mol. The fourth-order valence-electron chi connectivity index (χ4n) is 0.569. The van der Waals surface area contributed by atoms with Crippen molar-refractivity contribution in [2.75, 3.05) is 0 Å². The summed E-state index contributed by atoms with van der Waals surface area (Å²) in [5.74, 6) is 0.119. The predicted octanol–water partition coefficient (Wildman–Crippen LogP) is 1.25. The molecule has 1 aromatic heterocycles. The molecular formula is C5H6BrNO2. The van der Waals surface area contributed by atoms with Crippen molar-refractivity contribution in [3.63, 3.8) is 0 Å². The van der Waals surface area contributed by atoms with Gasteiger partial charge in [0, 0.05) is 12.1 Å². The highest BCUT2D eigenvalue weighted by molar-refractivity contribution is 9.08. The molecule has 0 aromatic carbocycles. The largest absolute Gasteiger partial charge is 0.494 e. The zero-order chi connectivity index (χ0) is 6.85. The third-order valence-electron chi connectivity index (χ3n) is 1.05. The summed E-state index contributed by atoms with van der Waals surface area (Å²) in [6.45, 7) is 0. The van der Waals surface area contributed by atoms with Crippen LogP contribution in [0.3, 0.4) is 0 Å². The Labute approximate surface area is 60.7 Å². The van der Waals surface area contributed by atoms with Crippen LogP contribution in [0.15, 0.2) is 12.1 Å². The van der Waals surface area contributed by atoms with E-state index in [0.29, 0.717) is 5.45 Å². The first kappa shape index (κ1) is 6.48. The van der Waals surface area contributed by atoms with Crippen LogP contribution in [0.25, 0.3) is 0 Å². The summed E-state index contributed by atoms with van der Waals surface area (Å²) >= 11 is 3.08. The maximum atomic E-state index is 8.90. The van der Waals surface area contributed by atoms with Gasteiger partial charge in [-0.3, -0.25) is 4.57 Å². The van der Waals surface area contributed by atoms with Gasteiger partial charge in [0.25, 0.3) is 0 Å². The van der Waals surface area contributed by atoms with E-state index in [1.807, 2.05) is 0 Å². The molecule has 1 aromatic rings. The molecule has 9 heavy (non-hydrogen) atoms. The van der Waals surface area contributed by atoms with Crippen molar-refractivity contribution < 1.29 is 10.2 Å². The molecule has 0 spiro atoms. The van der Waals surface area contributed by atoms with Crippen LogP contribution in [0, 0.1) is 0 Å². The number of halogens is 1. The van der Waals surface area contributed by atoms with Crippen LogP contribution >= 0.6 is 15.9 Å². The van der Waals surface area contributed by atoms with Gasteiger partial charge in [-0.05, 0) is 0 Å². The molecular weight excluding hydrogens is 186 g/mol. The lowest BCUT2D eigenvalue weighted by molar-refractivity contribution is 0.386. The van der Waals surface area contributed by atoms with Gasteiger partial charge in [-0.25, -0.2) is 0 Å². The SMILES string of the molecule is Oc1ccc(O)n1CBr. The molecule has 2 N–H and O–H groups in total. The van der Waals surface area contributed by atoms with Gasteiger partial charge < -0.3 is 10.2 Å². The molecule has 0 aliphatic carbocycles. The highest BCUT2D eigenvalue weighted by atomic mass is 79.9. The minimum atomic E-state index is 0.0596. The molecule has 1 rings (SSSR count). The van der Waals surface area contributed by atoms with Crippen molar-refractivity contribution >= 4 is 15.9 Å². The summed E-state index contributed by atoms with van der Waals surface area (Å²) < 4.78 is 1.32. The van der Waals surface area contributed by atoms with Crippen molar-refractivity contribution in [3.05, 3.63) is 12.1 Å². The van der Waals surface area contributed by atoms with Crippen molar-refractivity contribution in [3.8, 4) is 11.8 Å². The van der Waals surface area contributed by atoms with Gasteiger partial charge in [0.2, 0.25) is 0 Å². The molecule has 0 aliphatic heterocycles. The van der Waals surface area contributed by atoms with Gasteiger partial charge in [0.15, 0.2) is 11.8 Å². The molecule has 0 fully saturated rings. The summed E-state index contributed by atoms with van der Waals surface area (Å²) in [7, 11) is 0. The Hall–Kier alpha value is -0.640. The Morgan fingerprint density at radius 1 is 1.33 bits per heavy atom. The molecule has 4 heteroatoms. The number of rotatable bonds is 1. The zero-order valence-corrected chi connectivity index (χ0v) is 6.17. The Balaban J connectivity index is 3.07. The van der Waals surface area contributed by atoms with Crippen LogP contribution in [0.2, 0.25) is 0 Å². The molecule has 0 amide bonds. The van der Waals surface area contributed by atoms with E-state index in [0.717, 1.165) is 0 Å². The smallest absolute Gasteiger partial charge is 0.194 e. The fraction of sp³-hybridized carbons (Fsp3) is 0.200. The normalized spacial score (nSPS) is 9.89. The standard InChI is InChI=1S/C5H6BrNO2/c6-3-7-4(8)1-2-5(7)9/h1-2,8-9H,3H2. The molecule has 0 saturated carbocycles. The quantitative estimate of drug-likeness (QED) is 0.657. The van der Waals surface area contributed by atoms with E-state index in [1.165, 1.54) is 16.7 Å². The number of hydrogen-bond donors (Lipinski definition) is 2. The Kier molecular flexibility index (Phi) is 1.66. The van der Waals surface area contributed by atoms with Gasteiger partial charge in [-0.15, -0.1) is 0 Å². The second-order valence-electron chi connectivity index (χ2n) is 1.60. The molecule has 0 unspecified atom stereocenters. The molecule has 0 aliphatic rings. The van der Waals surface area contributed by atoms with E-state index in [1.54, 1.807) is 0 Å². The topological polar surface area (TPSA) is 45.4 Å². The first-order valence-electron chi connectivity index (χ1n) is 2.39. The van der Waals surface area contributed by atoms with Gasteiger partial charge in [0.05, 0.1) is 5.45 Å². The maximum absolute atomic E-state index is 8.90. The summed E-state index contributed by atoms with van der Waals surface area (Å²) in [6.07, 6.45) is 0. The van der Waals surface area contributed by atoms with E-state index < -0.39 is 0 Å². The summed E-state index contributed by atoms with van der Waals surface area (Å²) in [4.78, 5) is 0. The van der Waals surface area contributed by atoms with E-state index in [2.05, 4.69) is 15.9 Å². The predicted molar refractivity (Wildman–Crippen MR) is 36.7 cm³/mol. The Bertz CT molecular complexity index is 189. The molecule has 50 valence electrons. The number of aromatic hydroxyl groups is 2. The van der Waals surface area contributed by atoms with Crippen molar-refractivity contribution in [1.29, 1.82) is 0 Å². The second-order valence-corrected chi connectivity index (χ2v) is 2.10. The van der Waals surface area contributed by atoms with Gasteiger partial charge in [0.1, 0.15) is 0 Å². The van der Waals surface area contributed by atoms with Crippen molar-refractivity contribution in [2.45, 2.75) is 5.45 Å². The second kappa shape index (κ2) is 2.31.